The topological polar surface area (TPSA) is 68.1 Å². The molecule has 2 aromatic carbocycles. The van der Waals surface area contributed by atoms with Gasteiger partial charge in [-0.1, -0.05) is 29.4 Å². The molecule has 0 saturated carbocycles. The van der Waals surface area contributed by atoms with Crippen molar-refractivity contribution in [1.29, 1.82) is 0 Å². The van der Waals surface area contributed by atoms with E-state index in [1.807, 2.05) is 18.2 Å². The summed E-state index contributed by atoms with van der Waals surface area (Å²) in [5.74, 6) is 1.01. The van der Waals surface area contributed by atoms with Crippen molar-refractivity contribution in [1.82, 2.24) is 0 Å². The van der Waals surface area contributed by atoms with Gasteiger partial charge in [-0.25, -0.2) is 0 Å². The van der Waals surface area contributed by atoms with E-state index in [0.29, 0.717) is 28.2 Å². The summed E-state index contributed by atoms with van der Waals surface area (Å²) >= 11 is 0. The van der Waals surface area contributed by atoms with E-state index in [2.05, 4.69) is 5.16 Å². The van der Waals surface area contributed by atoms with Crippen LogP contribution in [-0.2, 0) is 0 Å². The Morgan fingerprint density at radius 1 is 1.10 bits per heavy atom. The minimum Gasteiger partial charge on any atom is -0.454 e. The maximum absolute atomic E-state index is 11.4. The lowest BCUT2D eigenvalue weighted by Crippen LogP contribution is -1.96. The molecule has 1 heterocycles. The van der Waals surface area contributed by atoms with E-state index in [1.54, 1.807) is 18.2 Å². The van der Waals surface area contributed by atoms with Crippen LogP contribution in [0, 0.1) is 0 Å². The van der Waals surface area contributed by atoms with Crippen LogP contribution in [0.25, 0.3) is 11.1 Å². The van der Waals surface area contributed by atoms with E-state index in [1.165, 1.54) is 6.21 Å². The average molecular weight is 269 g/mol. The Labute approximate surface area is 115 Å². The van der Waals surface area contributed by atoms with Gasteiger partial charge in [-0.05, 0) is 23.3 Å². The van der Waals surface area contributed by atoms with E-state index >= 15 is 0 Å². The van der Waals surface area contributed by atoms with Gasteiger partial charge in [0.2, 0.25) is 6.79 Å². The van der Waals surface area contributed by atoms with E-state index < -0.39 is 0 Å². The zero-order valence-electron chi connectivity index (χ0n) is 10.4. The molecule has 20 heavy (non-hydrogen) atoms. The molecule has 1 aliphatic rings. The molecule has 0 bridgehead atoms. The fourth-order valence-corrected chi connectivity index (χ4v) is 2.26. The largest absolute Gasteiger partial charge is 0.454 e. The van der Waals surface area contributed by atoms with Gasteiger partial charge in [-0.15, -0.1) is 0 Å². The molecule has 2 aromatic rings. The summed E-state index contributed by atoms with van der Waals surface area (Å²) in [6, 6.07) is 10.9. The van der Waals surface area contributed by atoms with Crippen molar-refractivity contribution in [2.45, 2.75) is 0 Å². The average Bonchev–Trinajstić information content (AvgIpc) is 2.95. The zero-order chi connectivity index (χ0) is 13.9. The fraction of sp³-hybridized carbons (Fsp3) is 0.0667. The van der Waals surface area contributed by atoms with Gasteiger partial charge in [0.1, 0.15) is 0 Å². The lowest BCUT2D eigenvalue weighted by Gasteiger charge is -2.10. The third kappa shape index (κ3) is 1.89. The van der Waals surface area contributed by atoms with Crippen LogP contribution in [0.1, 0.15) is 15.9 Å². The van der Waals surface area contributed by atoms with Gasteiger partial charge in [0, 0.05) is 5.56 Å². The molecule has 0 unspecified atom stereocenters. The van der Waals surface area contributed by atoms with Gasteiger partial charge in [-0.3, -0.25) is 4.79 Å². The molecule has 5 nitrogen and oxygen atoms in total. The molecule has 1 N–H and O–H groups in total. The third-order valence-electron chi connectivity index (χ3n) is 3.14. The van der Waals surface area contributed by atoms with Gasteiger partial charge in [0.15, 0.2) is 17.8 Å². The minimum atomic E-state index is 0.110. The second-order valence-corrected chi connectivity index (χ2v) is 4.21. The van der Waals surface area contributed by atoms with Crippen LogP contribution in [0.4, 0.5) is 0 Å². The second-order valence-electron chi connectivity index (χ2n) is 4.21. The molecule has 0 saturated heterocycles. The number of nitrogens with zero attached hydrogens (tertiary/aromatic N) is 1. The van der Waals surface area contributed by atoms with Crippen LogP contribution in [-0.4, -0.2) is 24.5 Å². The Balaban J connectivity index is 2.23. The molecular formula is C15H11NO4. The van der Waals surface area contributed by atoms with Crippen molar-refractivity contribution >= 4 is 12.5 Å². The van der Waals surface area contributed by atoms with Crippen LogP contribution in [0.15, 0.2) is 41.6 Å². The molecule has 5 heteroatoms. The fourth-order valence-electron chi connectivity index (χ4n) is 2.26. The Kier molecular flexibility index (Phi) is 3.09. The molecule has 100 valence electrons. The second kappa shape index (κ2) is 5.05. The van der Waals surface area contributed by atoms with E-state index in [0.717, 1.165) is 11.8 Å². The zero-order valence-corrected chi connectivity index (χ0v) is 10.4. The number of ether oxygens (including phenoxy) is 2. The molecule has 3 rings (SSSR count). The summed E-state index contributed by atoms with van der Waals surface area (Å²) < 4.78 is 10.6. The first-order chi connectivity index (χ1) is 9.85. The monoisotopic (exact) mass is 269 g/mol. The number of aldehydes is 1. The smallest absolute Gasteiger partial charge is 0.231 e. The summed E-state index contributed by atoms with van der Waals surface area (Å²) in [6.45, 7) is 0.110. The summed E-state index contributed by atoms with van der Waals surface area (Å²) in [7, 11) is 0. The van der Waals surface area contributed by atoms with Gasteiger partial charge in [0.25, 0.3) is 0 Å². The van der Waals surface area contributed by atoms with Crippen molar-refractivity contribution in [3.05, 3.63) is 47.5 Å². The number of hydrogen-bond donors (Lipinski definition) is 1. The Morgan fingerprint density at radius 3 is 2.75 bits per heavy atom. The lowest BCUT2D eigenvalue weighted by molar-refractivity contribution is 0.111. The normalized spacial score (nSPS) is 12.8. The number of carbonyl (C=O) groups is 1. The Hall–Kier alpha value is -2.82. The summed E-state index contributed by atoms with van der Waals surface area (Å²) in [6.07, 6.45) is 2.07. The predicted octanol–water partition coefficient (Wildman–Crippen LogP) is 2.70. The molecular weight excluding hydrogens is 258 g/mol. The van der Waals surface area contributed by atoms with Crippen molar-refractivity contribution < 1.29 is 19.5 Å². The number of rotatable bonds is 3. The van der Waals surface area contributed by atoms with Crippen LogP contribution in [0.5, 0.6) is 11.5 Å². The van der Waals surface area contributed by atoms with Gasteiger partial charge < -0.3 is 14.7 Å². The predicted molar refractivity (Wildman–Crippen MR) is 72.8 cm³/mol. The maximum atomic E-state index is 11.4. The van der Waals surface area contributed by atoms with Crippen LogP contribution < -0.4 is 9.47 Å². The Bertz CT molecular complexity index is 694. The number of fused-ring (bicyclic) bond motifs is 1. The first-order valence-corrected chi connectivity index (χ1v) is 5.99. The van der Waals surface area contributed by atoms with E-state index in [9.17, 15) is 4.79 Å². The quantitative estimate of drug-likeness (QED) is 0.402. The van der Waals surface area contributed by atoms with Crippen molar-refractivity contribution in [3.8, 4) is 22.6 Å². The van der Waals surface area contributed by atoms with Gasteiger partial charge in [0.05, 0.1) is 11.8 Å². The molecule has 1 aliphatic heterocycles. The molecule has 0 atom stereocenters. The first-order valence-electron chi connectivity index (χ1n) is 5.99. The van der Waals surface area contributed by atoms with Crippen molar-refractivity contribution in [2.24, 2.45) is 5.16 Å². The maximum Gasteiger partial charge on any atom is 0.231 e. The summed E-state index contributed by atoms with van der Waals surface area (Å²) in [5, 5.41) is 11.8. The van der Waals surface area contributed by atoms with E-state index in [4.69, 9.17) is 14.7 Å². The molecule has 0 aliphatic carbocycles. The van der Waals surface area contributed by atoms with Crippen molar-refractivity contribution in [2.75, 3.05) is 6.79 Å². The third-order valence-corrected chi connectivity index (χ3v) is 3.14. The molecule has 0 spiro atoms. The molecule has 0 fully saturated rings. The van der Waals surface area contributed by atoms with Crippen LogP contribution in [0.3, 0.4) is 0 Å². The minimum absolute atomic E-state index is 0.110. The van der Waals surface area contributed by atoms with E-state index in [-0.39, 0.29) is 6.79 Å². The van der Waals surface area contributed by atoms with Crippen molar-refractivity contribution in [3.63, 3.8) is 0 Å². The van der Waals surface area contributed by atoms with Gasteiger partial charge in [-0.2, -0.15) is 0 Å². The highest BCUT2D eigenvalue weighted by Crippen LogP contribution is 2.40. The molecule has 0 aromatic heterocycles. The summed E-state index contributed by atoms with van der Waals surface area (Å²) in [5.41, 5.74) is 2.63. The van der Waals surface area contributed by atoms with Gasteiger partial charge >= 0.3 is 0 Å². The molecule has 0 radical (unpaired) electrons. The molecule has 0 amide bonds. The summed E-state index contributed by atoms with van der Waals surface area (Å²) in [4.78, 5) is 11.4. The highest BCUT2D eigenvalue weighted by Gasteiger charge is 2.21. The number of hydrogen-bond acceptors (Lipinski definition) is 5. The number of benzene rings is 2. The lowest BCUT2D eigenvalue weighted by atomic mass is 9.95. The standard InChI is InChI=1S/C15H11NO4/c17-8-13-12(5-6-14-15(13)20-9-19-14)11-4-2-1-3-10(11)7-16-18/h1-8,18H,9H2. The first kappa shape index (κ1) is 12.2. The highest BCUT2D eigenvalue weighted by atomic mass is 16.7. The number of oxime groups is 1. The van der Waals surface area contributed by atoms with Crippen LogP contribution in [0.2, 0.25) is 0 Å². The SMILES string of the molecule is O=Cc1c(-c2ccccc2C=NO)ccc2c1OCO2. The highest BCUT2D eigenvalue weighted by molar-refractivity contribution is 5.98. The Morgan fingerprint density at radius 2 is 1.95 bits per heavy atom. The number of carbonyl (C=O) groups excluding carboxylic acids is 1. The van der Waals surface area contributed by atoms with Crippen LogP contribution >= 0.6 is 0 Å².